The minimum atomic E-state index is -0.441. The summed E-state index contributed by atoms with van der Waals surface area (Å²) in [5.74, 6) is 0.595. The number of fused-ring (bicyclic) bond motifs is 1. The molecule has 3 rings (SSSR count). The third-order valence-electron chi connectivity index (χ3n) is 3.52. The lowest BCUT2D eigenvalue weighted by molar-refractivity contribution is 0.0523. The average Bonchev–Trinajstić information content (AvgIpc) is 2.99. The molecular weight excluding hydrogens is 308 g/mol. The first kappa shape index (κ1) is 15.9. The number of nitrogens with zero attached hydrogens (tertiary/aromatic N) is 2. The first-order valence-corrected chi connectivity index (χ1v) is 7.63. The van der Waals surface area contributed by atoms with Crippen LogP contribution in [-0.4, -0.2) is 29.3 Å². The van der Waals surface area contributed by atoms with Crippen LogP contribution >= 0.6 is 0 Å². The summed E-state index contributed by atoms with van der Waals surface area (Å²) in [5.41, 5.74) is 1.94. The Hall–Kier alpha value is -3.02. The average molecular weight is 326 g/mol. The molecule has 2 aromatic heterocycles. The predicted octanol–water partition coefficient (Wildman–Crippen LogP) is 3.10. The standard InChI is InChI=1S/C18H18N2O4/c1-3-23-18(21)16-15-6-4-5-11-20(15)19-17(16)24-12-13-7-9-14(22-2)10-8-13/h4-11H,3,12H2,1-2H3. The van der Waals surface area contributed by atoms with Crippen molar-refractivity contribution in [2.75, 3.05) is 13.7 Å². The predicted molar refractivity (Wildman–Crippen MR) is 88.5 cm³/mol. The zero-order chi connectivity index (χ0) is 16.9. The highest BCUT2D eigenvalue weighted by molar-refractivity contribution is 5.99. The van der Waals surface area contributed by atoms with Crippen LogP contribution in [0.1, 0.15) is 22.8 Å². The van der Waals surface area contributed by atoms with Crippen LogP contribution in [0, 0.1) is 0 Å². The van der Waals surface area contributed by atoms with Gasteiger partial charge in [-0.05, 0) is 36.8 Å². The van der Waals surface area contributed by atoms with Gasteiger partial charge in [0.25, 0.3) is 0 Å². The molecule has 0 aliphatic heterocycles. The number of carbonyl (C=O) groups is 1. The van der Waals surface area contributed by atoms with E-state index >= 15 is 0 Å². The van der Waals surface area contributed by atoms with Gasteiger partial charge in [-0.1, -0.05) is 18.2 Å². The Morgan fingerprint density at radius 1 is 1.17 bits per heavy atom. The third kappa shape index (κ3) is 3.17. The molecule has 0 bridgehead atoms. The summed E-state index contributed by atoms with van der Waals surface area (Å²) in [7, 11) is 1.62. The van der Waals surface area contributed by atoms with E-state index in [1.165, 1.54) is 0 Å². The van der Waals surface area contributed by atoms with E-state index < -0.39 is 5.97 Å². The first-order valence-electron chi connectivity index (χ1n) is 7.63. The molecule has 6 heteroatoms. The van der Waals surface area contributed by atoms with E-state index in [1.807, 2.05) is 36.4 Å². The summed E-state index contributed by atoms with van der Waals surface area (Å²) in [5, 5.41) is 4.33. The molecule has 0 saturated carbocycles. The highest BCUT2D eigenvalue weighted by Gasteiger charge is 2.22. The Balaban J connectivity index is 1.87. The number of rotatable bonds is 6. The fourth-order valence-corrected chi connectivity index (χ4v) is 2.35. The lowest BCUT2D eigenvalue weighted by Crippen LogP contribution is -2.07. The number of benzene rings is 1. The quantitative estimate of drug-likeness (QED) is 0.651. The fourth-order valence-electron chi connectivity index (χ4n) is 2.35. The van der Waals surface area contributed by atoms with Crippen LogP contribution in [0.25, 0.3) is 5.52 Å². The summed E-state index contributed by atoms with van der Waals surface area (Å²) in [6.45, 7) is 2.35. The van der Waals surface area contributed by atoms with Crippen LogP contribution in [0.4, 0.5) is 0 Å². The second-order valence-corrected chi connectivity index (χ2v) is 5.07. The number of carbonyl (C=O) groups excluding carboxylic acids is 1. The highest BCUT2D eigenvalue weighted by Crippen LogP contribution is 2.24. The van der Waals surface area contributed by atoms with Gasteiger partial charge < -0.3 is 14.2 Å². The van der Waals surface area contributed by atoms with E-state index in [0.29, 0.717) is 24.3 Å². The molecule has 24 heavy (non-hydrogen) atoms. The molecule has 0 aliphatic carbocycles. The van der Waals surface area contributed by atoms with Gasteiger partial charge in [0.2, 0.25) is 5.88 Å². The number of methoxy groups -OCH3 is 1. The number of hydrogen-bond acceptors (Lipinski definition) is 5. The normalized spacial score (nSPS) is 10.6. The van der Waals surface area contributed by atoms with Crippen molar-refractivity contribution < 1.29 is 19.0 Å². The minimum Gasteiger partial charge on any atom is -0.497 e. The molecule has 6 nitrogen and oxygen atoms in total. The molecule has 3 aromatic rings. The first-order chi connectivity index (χ1) is 11.7. The maximum absolute atomic E-state index is 12.3. The number of hydrogen-bond donors (Lipinski definition) is 0. The Bertz CT molecular complexity index is 840. The zero-order valence-corrected chi connectivity index (χ0v) is 13.6. The molecular formula is C18H18N2O4. The molecule has 0 spiro atoms. The fraction of sp³-hybridized carbons (Fsp3) is 0.222. The second kappa shape index (κ2) is 7.04. The topological polar surface area (TPSA) is 62.1 Å². The summed E-state index contributed by atoms with van der Waals surface area (Å²) in [4.78, 5) is 12.3. The lowest BCUT2D eigenvalue weighted by Gasteiger charge is -2.06. The van der Waals surface area contributed by atoms with Crippen molar-refractivity contribution in [2.45, 2.75) is 13.5 Å². The zero-order valence-electron chi connectivity index (χ0n) is 13.6. The maximum Gasteiger partial charge on any atom is 0.345 e. The van der Waals surface area contributed by atoms with Crippen molar-refractivity contribution in [2.24, 2.45) is 0 Å². The van der Waals surface area contributed by atoms with Crippen molar-refractivity contribution >= 4 is 11.5 Å². The van der Waals surface area contributed by atoms with Gasteiger partial charge in [0, 0.05) is 6.20 Å². The maximum atomic E-state index is 12.3. The molecule has 0 fully saturated rings. The third-order valence-corrected chi connectivity index (χ3v) is 3.52. The molecule has 0 saturated heterocycles. The smallest absolute Gasteiger partial charge is 0.345 e. The van der Waals surface area contributed by atoms with Gasteiger partial charge in [-0.25, -0.2) is 9.31 Å². The SMILES string of the molecule is CCOC(=O)c1c(OCc2ccc(OC)cc2)nn2ccccc12. The minimum absolute atomic E-state index is 0.260. The molecule has 2 heterocycles. The van der Waals surface area contributed by atoms with Crippen LogP contribution < -0.4 is 9.47 Å². The van der Waals surface area contributed by atoms with E-state index in [0.717, 1.165) is 11.3 Å². The van der Waals surface area contributed by atoms with Crippen LogP contribution in [0.2, 0.25) is 0 Å². The van der Waals surface area contributed by atoms with Crippen molar-refractivity contribution in [3.63, 3.8) is 0 Å². The number of ether oxygens (including phenoxy) is 3. The Morgan fingerprint density at radius 3 is 2.67 bits per heavy atom. The molecule has 0 amide bonds. The van der Waals surface area contributed by atoms with Gasteiger partial charge in [-0.2, -0.15) is 0 Å². The van der Waals surface area contributed by atoms with Gasteiger partial charge in [-0.15, -0.1) is 5.10 Å². The van der Waals surface area contributed by atoms with E-state index in [4.69, 9.17) is 14.2 Å². The van der Waals surface area contributed by atoms with Crippen molar-refractivity contribution in [1.82, 2.24) is 9.61 Å². The largest absolute Gasteiger partial charge is 0.497 e. The molecule has 0 aliphatic rings. The molecule has 0 N–H and O–H groups in total. The highest BCUT2D eigenvalue weighted by atomic mass is 16.5. The van der Waals surface area contributed by atoms with Gasteiger partial charge in [0.05, 0.1) is 19.2 Å². The van der Waals surface area contributed by atoms with Crippen LogP contribution in [0.3, 0.4) is 0 Å². The van der Waals surface area contributed by atoms with Gasteiger partial charge in [0.1, 0.15) is 17.9 Å². The molecule has 0 atom stereocenters. The van der Waals surface area contributed by atoms with Gasteiger partial charge in [0.15, 0.2) is 0 Å². The Morgan fingerprint density at radius 2 is 1.96 bits per heavy atom. The van der Waals surface area contributed by atoms with Crippen LogP contribution in [0.15, 0.2) is 48.7 Å². The van der Waals surface area contributed by atoms with Crippen LogP contribution in [-0.2, 0) is 11.3 Å². The molecule has 0 radical (unpaired) electrons. The molecule has 124 valence electrons. The van der Waals surface area contributed by atoms with Gasteiger partial charge >= 0.3 is 5.97 Å². The summed E-state index contributed by atoms with van der Waals surface area (Å²) in [6, 6.07) is 13.0. The molecule has 0 unspecified atom stereocenters. The van der Waals surface area contributed by atoms with Crippen LogP contribution in [0.5, 0.6) is 11.6 Å². The monoisotopic (exact) mass is 326 g/mol. The Labute approximate surface area is 139 Å². The number of esters is 1. The van der Waals surface area contributed by atoms with Crippen molar-refractivity contribution in [1.29, 1.82) is 0 Å². The summed E-state index contributed by atoms with van der Waals surface area (Å²) >= 11 is 0. The van der Waals surface area contributed by atoms with Crippen molar-refractivity contribution in [3.8, 4) is 11.6 Å². The van der Waals surface area contributed by atoms with E-state index in [9.17, 15) is 4.79 Å². The Kier molecular flexibility index (Phi) is 4.65. The van der Waals surface area contributed by atoms with E-state index in [1.54, 1.807) is 30.8 Å². The van der Waals surface area contributed by atoms with Gasteiger partial charge in [-0.3, -0.25) is 0 Å². The summed E-state index contributed by atoms with van der Waals surface area (Å²) < 4.78 is 17.6. The van der Waals surface area contributed by atoms with E-state index in [2.05, 4.69) is 5.10 Å². The second-order valence-electron chi connectivity index (χ2n) is 5.07. The molecule has 1 aromatic carbocycles. The van der Waals surface area contributed by atoms with Crippen molar-refractivity contribution in [3.05, 3.63) is 59.8 Å². The number of aromatic nitrogens is 2. The van der Waals surface area contributed by atoms with E-state index in [-0.39, 0.29) is 5.88 Å². The number of pyridine rings is 1. The lowest BCUT2D eigenvalue weighted by atomic mass is 10.2. The summed E-state index contributed by atoms with van der Waals surface area (Å²) in [6.07, 6.45) is 1.76.